The zero-order valence-electron chi connectivity index (χ0n) is 59.9. The number of phenolic OH excluding ortho intramolecular Hbond substituents is 1. The minimum absolute atomic E-state index is 0.0986. The molecule has 18 rings (SSSR count). The maximum Gasteiger partial charge on any atom is 0.488 e. The molecule has 9 aromatic carbocycles. The SMILES string of the molecule is COC(=O)Cc1coc2cc(O[C@@H]3CCc4c(O)ccc(F)c43)ccc12.COC(=O)Cc1coc2cc(O[C@@H]3CCc4c(Oc5ccc6cnn(C)c6c5)ccc(F)c43)ccc12.Cn1ncc2ccc(B(O)O)cc21.Cn1ncc2ccc(Oc3ccc(F)c4c3CC[C@H]4Oc3ccc4c(CC(=O)O)coc4c3)cc21. The van der Waals surface area contributed by atoms with Gasteiger partial charge in [-0.1, -0.05) is 12.1 Å². The summed E-state index contributed by atoms with van der Waals surface area (Å²) in [5.41, 5.74) is 10.7. The van der Waals surface area contributed by atoms with Gasteiger partial charge in [-0.05, 0) is 147 Å². The number of phenols is 1. The lowest BCUT2D eigenvalue weighted by molar-refractivity contribution is -0.140. The molecule has 0 radical (unpaired) electrons. The highest BCUT2D eigenvalue weighted by Crippen LogP contribution is 2.47. The van der Waals surface area contributed by atoms with Crippen LogP contribution in [0.2, 0.25) is 0 Å². The molecule has 0 aliphatic heterocycles. The number of aryl methyl sites for hydroxylation is 3. The lowest BCUT2D eigenvalue weighted by Crippen LogP contribution is -2.29. The first-order valence-corrected chi connectivity index (χ1v) is 35.2. The summed E-state index contributed by atoms with van der Waals surface area (Å²) >= 11 is 0. The summed E-state index contributed by atoms with van der Waals surface area (Å²) in [7, 11) is 6.84. The monoisotopic (exact) mass is 1490 g/mol. The van der Waals surface area contributed by atoms with E-state index in [4.69, 9.17) is 56.8 Å². The van der Waals surface area contributed by atoms with Crippen LogP contribution in [0.15, 0.2) is 196 Å². The first-order valence-electron chi connectivity index (χ1n) is 35.2. The van der Waals surface area contributed by atoms with Gasteiger partial charge in [0.2, 0.25) is 0 Å². The Morgan fingerprint density at radius 2 is 0.827 bits per heavy atom. The second-order valence-corrected chi connectivity index (χ2v) is 26.7. The van der Waals surface area contributed by atoms with E-state index < -0.39 is 31.4 Å². The Bertz CT molecular complexity index is 6040. The third kappa shape index (κ3) is 14.9. The predicted molar refractivity (Wildman–Crippen MR) is 399 cm³/mol. The van der Waals surface area contributed by atoms with E-state index in [1.165, 1.54) is 51.0 Å². The molecule has 0 saturated carbocycles. The molecule has 0 amide bonds. The fourth-order valence-electron chi connectivity index (χ4n) is 14.4. The molecule has 3 aliphatic rings. The maximum absolute atomic E-state index is 15.0. The van der Waals surface area contributed by atoms with E-state index in [1.54, 1.807) is 112 Å². The molecule has 6 aromatic heterocycles. The number of hydrogen-bond acceptors (Lipinski definition) is 19. The van der Waals surface area contributed by atoms with Crippen molar-refractivity contribution in [3.05, 3.63) is 250 Å². The number of carbonyl (C=O) groups is 3. The fourth-order valence-corrected chi connectivity index (χ4v) is 14.4. The minimum atomic E-state index is -1.42. The molecule has 4 N–H and O–H groups in total. The van der Waals surface area contributed by atoms with Gasteiger partial charge in [0.25, 0.3) is 0 Å². The van der Waals surface area contributed by atoms with Crippen molar-refractivity contribution in [3.8, 4) is 46.0 Å². The zero-order chi connectivity index (χ0) is 76.6. The van der Waals surface area contributed by atoms with Gasteiger partial charge in [-0.15, -0.1) is 0 Å². The van der Waals surface area contributed by atoms with Crippen LogP contribution in [-0.4, -0.2) is 88.8 Å². The molecule has 23 nitrogen and oxygen atoms in total. The number of carboxylic acid groups (broad SMARTS) is 1. The van der Waals surface area contributed by atoms with E-state index in [2.05, 4.69) is 20.0 Å². The molecule has 3 atom stereocenters. The maximum atomic E-state index is 15.0. The van der Waals surface area contributed by atoms with Crippen LogP contribution in [0.4, 0.5) is 13.2 Å². The molecule has 110 heavy (non-hydrogen) atoms. The van der Waals surface area contributed by atoms with Gasteiger partial charge in [0.05, 0.1) is 87.4 Å². The topological polar surface area (TPSA) is 290 Å². The number of aromatic hydroxyl groups is 1. The second kappa shape index (κ2) is 30.7. The summed E-state index contributed by atoms with van der Waals surface area (Å²) in [4.78, 5) is 34.1. The summed E-state index contributed by atoms with van der Waals surface area (Å²) in [5.74, 6) is 1.63. The number of furan rings is 3. The molecular formula is C83H70BF3N6O17. The highest BCUT2D eigenvalue weighted by molar-refractivity contribution is 6.58. The lowest BCUT2D eigenvalue weighted by atomic mass is 9.80. The third-order valence-corrected chi connectivity index (χ3v) is 19.9. The molecule has 3 aliphatic carbocycles. The van der Waals surface area contributed by atoms with Gasteiger partial charge in [0.15, 0.2) is 0 Å². The van der Waals surface area contributed by atoms with Crippen LogP contribution >= 0.6 is 0 Å². The van der Waals surface area contributed by atoms with E-state index in [9.17, 15) is 32.7 Å². The molecule has 15 aromatic rings. The van der Waals surface area contributed by atoms with Crippen molar-refractivity contribution in [2.24, 2.45) is 21.1 Å². The number of ether oxygens (including phenoxy) is 7. The summed E-state index contributed by atoms with van der Waals surface area (Å²) in [6.07, 6.45) is 12.2. The first kappa shape index (κ1) is 72.6. The highest BCUT2D eigenvalue weighted by atomic mass is 19.1. The highest BCUT2D eigenvalue weighted by Gasteiger charge is 2.34. The number of halogens is 3. The van der Waals surface area contributed by atoms with Crippen LogP contribution in [0, 0.1) is 17.5 Å². The van der Waals surface area contributed by atoms with Crippen molar-refractivity contribution in [2.45, 2.75) is 76.1 Å². The van der Waals surface area contributed by atoms with Gasteiger partial charge < -0.3 is 66.7 Å². The van der Waals surface area contributed by atoms with Crippen LogP contribution in [-0.2, 0) is 83.5 Å². The van der Waals surface area contributed by atoms with Gasteiger partial charge in [0, 0.05) is 134 Å². The number of aromatic nitrogens is 6. The summed E-state index contributed by atoms with van der Waals surface area (Å²) < 4.78 is 106. The molecule has 0 unspecified atom stereocenters. The number of hydrogen-bond donors (Lipinski definition) is 4. The van der Waals surface area contributed by atoms with Crippen molar-refractivity contribution in [3.63, 3.8) is 0 Å². The summed E-state index contributed by atoms with van der Waals surface area (Å²) in [6.45, 7) is 0. The molecule has 0 spiro atoms. The summed E-state index contributed by atoms with van der Waals surface area (Å²) in [5, 5.41) is 54.8. The van der Waals surface area contributed by atoms with E-state index >= 15 is 0 Å². The van der Waals surface area contributed by atoms with E-state index in [0.29, 0.717) is 129 Å². The van der Waals surface area contributed by atoms with Gasteiger partial charge in [-0.2, -0.15) is 15.3 Å². The number of carboxylic acids is 1. The normalized spacial score (nSPS) is 14.6. The first-order chi connectivity index (χ1) is 53.2. The van der Waals surface area contributed by atoms with Crippen LogP contribution < -0.4 is 29.1 Å². The Hall–Kier alpha value is -13.0. The van der Waals surface area contributed by atoms with E-state index in [0.717, 1.165) is 71.1 Å². The lowest BCUT2D eigenvalue weighted by Gasteiger charge is -2.17. The molecule has 0 fully saturated rings. The van der Waals surface area contributed by atoms with Crippen LogP contribution in [0.1, 0.15) is 87.6 Å². The van der Waals surface area contributed by atoms with Crippen LogP contribution in [0.5, 0.6) is 46.0 Å². The van der Waals surface area contributed by atoms with E-state index in [1.807, 2.05) is 69.7 Å². The smallest absolute Gasteiger partial charge is 0.488 e. The van der Waals surface area contributed by atoms with Crippen molar-refractivity contribution in [1.82, 2.24) is 29.3 Å². The number of methoxy groups -OCH3 is 2. The number of aliphatic carboxylic acids is 1. The number of carbonyl (C=O) groups excluding carboxylic acids is 2. The van der Waals surface area contributed by atoms with Crippen molar-refractivity contribution in [2.75, 3.05) is 14.2 Å². The summed E-state index contributed by atoms with van der Waals surface area (Å²) in [6, 6.07) is 41.4. The standard InChI is InChI=1S/C28H23FN2O5.C27H21FN2O5.C20H17FO5.C8H9BN2O2/c1-31-23-12-18(4-3-16(23)14-30-31)35-24-10-8-22(29)28-21(24)7-9-25(28)36-19-5-6-20-17(11-27(32)33-2)15-34-26(20)13-19;1-30-22-11-17(3-2-15(22)13-29-30)34-23-9-7-21(28)27-20(23)6-8-24(27)35-18-4-5-19-16(10-26(31)32)14-33-25(19)12-18;1-24-19(23)8-11-10-25-18-9-12(2-3-13(11)18)26-17-7-4-14-16(22)6-5-15(21)20(14)17;1-11-8-4-7(9(12)13)3-2-6(8)5-10-11/h3-6,8,10,12-15,25H,7,9,11H2,1-2H3;2-5,7,9,11-14,24H,6,8,10H2,1H3,(H,31,32);2-3,5-6,9-10,17,22H,4,7-8H2,1H3;2-5,12-13H,1H3/t25-;24-;17-;/m111./s1. The average Bonchev–Trinajstić information content (AvgIpc) is 1.64. The van der Waals surface area contributed by atoms with Gasteiger partial charge in [-0.25, -0.2) is 13.2 Å². The molecule has 6 heterocycles. The molecule has 0 saturated heterocycles. The fraction of sp³-hybridized carbons (Fsp3) is 0.205. The quantitative estimate of drug-likeness (QED) is 0.0486. The largest absolute Gasteiger partial charge is 0.508 e. The van der Waals surface area contributed by atoms with Crippen LogP contribution in [0.3, 0.4) is 0 Å². The van der Waals surface area contributed by atoms with Gasteiger partial charge in [-0.3, -0.25) is 28.4 Å². The third-order valence-electron chi connectivity index (χ3n) is 19.9. The number of fused-ring (bicyclic) bond motifs is 9. The van der Waals surface area contributed by atoms with Gasteiger partial charge in [0.1, 0.15) is 98.5 Å². The number of rotatable bonds is 17. The van der Waals surface area contributed by atoms with E-state index in [-0.39, 0.29) is 54.4 Å². The molecule has 0 bridgehead atoms. The number of nitrogens with zero attached hydrogens (tertiary/aromatic N) is 6. The molecule has 558 valence electrons. The Labute approximate surface area is 624 Å². The number of benzene rings is 9. The molecule has 27 heteroatoms. The Morgan fingerprint density at radius 3 is 1.23 bits per heavy atom. The Kier molecular flexibility index (Phi) is 20.2. The van der Waals surface area contributed by atoms with Crippen molar-refractivity contribution >= 4 is 96.1 Å². The Morgan fingerprint density at radius 1 is 0.464 bits per heavy atom. The second-order valence-electron chi connectivity index (χ2n) is 26.7. The van der Waals surface area contributed by atoms with Gasteiger partial charge >= 0.3 is 25.0 Å². The van der Waals surface area contributed by atoms with Crippen molar-refractivity contribution < 1.29 is 94.2 Å². The van der Waals surface area contributed by atoms with Crippen LogP contribution in [0.25, 0.3) is 65.6 Å². The number of esters is 2. The van der Waals surface area contributed by atoms with Crippen molar-refractivity contribution in [1.29, 1.82) is 0 Å². The molecular weight excluding hydrogens is 1420 g/mol. The minimum Gasteiger partial charge on any atom is -0.508 e. The predicted octanol–water partition coefficient (Wildman–Crippen LogP) is 15.3. The average molecular weight is 1490 g/mol. The zero-order valence-corrected chi connectivity index (χ0v) is 59.9. The Balaban J connectivity index is 0.000000122.